The third-order valence-corrected chi connectivity index (χ3v) is 14.2. The van der Waals surface area contributed by atoms with E-state index in [4.69, 9.17) is 28.0 Å². The summed E-state index contributed by atoms with van der Waals surface area (Å²) < 4.78 is 57.0. The van der Waals surface area contributed by atoms with E-state index in [1.165, 1.54) is 11.1 Å². The Bertz CT molecular complexity index is 1850. The summed E-state index contributed by atoms with van der Waals surface area (Å²) in [5.41, 5.74) is 4.12. The molecule has 2 fully saturated rings. The molecule has 0 radical (unpaired) electrons. The molecule has 2 saturated heterocycles. The summed E-state index contributed by atoms with van der Waals surface area (Å²) in [6, 6.07) is 8.73. The number of rotatable bonds is 6. The van der Waals surface area contributed by atoms with Crippen LogP contribution in [0.1, 0.15) is 35.1 Å². The van der Waals surface area contributed by atoms with Crippen LogP contribution in [-0.4, -0.2) is 124 Å². The Hall–Kier alpha value is -2.86. The van der Waals surface area contributed by atoms with Crippen molar-refractivity contribution in [3.63, 3.8) is 0 Å². The lowest BCUT2D eigenvalue weighted by molar-refractivity contribution is -0.0442. The fourth-order valence-corrected chi connectivity index (χ4v) is 12.2. The van der Waals surface area contributed by atoms with E-state index in [1.54, 1.807) is 26.4 Å². The molecule has 17 nitrogen and oxygen atoms in total. The van der Waals surface area contributed by atoms with Gasteiger partial charge in [-0.25, -0.2) is 9.13 Å². The smallest absolute Gasteiger partial charge is 0.470 e. The first-order valence-corrected chi connectivity index (χ1v) is 20.8. The van der Waals surface area contributed by atoms with E-state index in [9.17, 15) is 28.7 Å². The molecule has 2 spiro atoms. The van der Waals surface area contributed by atoms with Gasteiger partial charge in [-0.1, -0.05) is 36.4 Å². The third-order valence-electron chi connectivity index (χ3n) is 13.2. The molecule has 19 heteroatoms. The normalized spacial score (nSPS) is 35.2. The highest BCUT2D eigenvalue weighted by atomic mass is 31.2. The molecule has 8 aliphatic rings. The van der Waals surface area contributed by atoms with Crippen molar-refractivity contribution < 1.29 is 73.1 Å². The monoisotopic (exact) mass is 812 g/mol. The minimum atomic E-state index is -4.63. The van der Waals surface area contributed by atoms with Crippen LogP contribution < -0.4 is 18.9 Å². The average Bonchev–Trinajstić information content (AvgIpc) is 3.63. The molecule has 55 heavy (non-hydrogen) atoms. The van der Waals surface area contributed by atoms with Crippen LogP contribution in [0.2, 0.25) is 0 Å². The number of phosphoric ester groups is 2. The Morgan fingerprint density at radius 1 is 0.655 bits per heavy atom. The zero-order valence-electron chi connectivity index (χ0n) is 30.8. The predicted octanol–water partition coefficient (Wildman–Crippen LogP) is 0.762. The zero-order valence-corrected chi connectivity index (χ0v) is 32.6. The molecule has 304 valence electrons. The molecule has 0 saturated carbocycles. The maximum Gasteiger partial charge on any atom is 0.470 e. The highest BCUT2D eigenvalue weighted by molar-refractivity contribution is 7.46. The van der Waals surface area contributed by atoms with Gasteiger partial charge >= 0.3 is 15.6 Å². The number of methoxy groups -OCH3 is 2. The number of phosphoric acid groups is 2. The maximum absolute atomic E-state index is 11.5. The Morgan fingerprint density at radius 3 is 1.38 bits per heavy atom. The number of benzene rings is 2. The summed E-state index contributed by atoms with van der Waals surface area (Å²) >= 11 is 0. The second-order valence-corrected chi connectivity index (χ2v) is 17.8. The van der Waals surface area contributed by atoms with Gasteiger partial charge in [0.25, 0.3) is 0 Å². The fraction of sp³-hybridized carbons (Fsp3) is 0.556. The molecule has 0 unspecified atom stereocenters. The van der Waals surface area contributed by atoms with Crippen molar-refractivity contribution in [3.8, 4) is 23.0 Å². The second kappa shape index (κ2) is 14.2. The van der Waals surface area contributed by atoms with Gasteiger partial charge in [0.05, 0.1) is 14.2 Å². The summed E-state index contributed by atoms with van der Waals surface area (Å²) in [7, 11) is -1.76. The topological polar surface area (TPSA) is 271 Å². The van der Waals surface area contributed by atoms with Crippen LogP contribution in [0.5, 0.6) is 23.0 Å². The largest absolute Gasteiger partial charge is 0.493 e. The van der Waals surface area contributed by atoms with E-state index in [-0.39, 0.29) is 39.1 Å². The fourth-order valence-electron chi connectivity index (χ4n) is 11.2. The van der Waals surface area contributed by atoms with Crippen molar-refractivity contribution in [2.24, 2.45) is 11.8 Å². The predicted molar refractivity (Wildman–Crippen MR) is 198 cm³/mol. The van der Waals surface area contributed by atoms with E-state index >= 15 is 0 Å². The van der Waals surface area contributed by atoms with Gasteiger partial charge in [0.1, 0.15) is 24.4 Å². The van der Waals surface area contributed by atoms with Crippen molar-refractivity contribution >= 4 is 15.6 Å². The standard InChI is InChI=1S/2C18H22NO6P.3H2O/c2*1-19-8-7-18-11-4-6-14(25-26(20,21)22)17(18)24-16-13(23-2)5-3-10(15(16)18)9-12(11)19;;;/h2*3-6,11-12,14,17H,7-9H2,1-2H3,(H2,20,21,22);3*1H2/t2*11-,12+,14-,17-,18-;;;/m00.../s1. The minimum Gasteiger partial charge on any atom is -0.493 e. The minimum absolute atomic E-state index is 0. The highest BCUT2D eigenvalue weighted by Gasteiger charge is 2.66. The molecule has 0 amide bonds. The molecule has 4 heterocycles. The van der Waals surface area contributed by atoms with Gasteiger partial charge in [0.15, 0.2) is 23.0 Å². The SMILES string of the molecule is COc1ccc2c3c1O[C@H]1[C@@H](OP(=O)(O)O)C=C[C@H]4[C@@H](C2)N(C)CC[C@@]341.COc1ccc2c3c1O[C@H]1[C@@H](OP(=O)(O)O)C=C[C@H]4[C@@H](C2)N(C)CC[C@@]341.O.O.O. The van der Waals surface area contributed by atoms with E-state index < -0.39 is 40.1 Å². The Morgan fingerprint density at radius 2 is 1.04 bits per heavy atom. The molecule has 10 atom stereocenters. The number of ether oxygens (including phenoxy) is 4. The van der Waals surface area contributed by atoms with Crippen LogP contribution in [0.4, 0.5) is 0 Å². The molecule has 0 aromatic heterocycles. The summed E-state index contributed by atoms with van der Waals surface area (Å²) in [6.45, 7) is 1.82. The van der Waals surface area contributed by atoms with E-state index in [0.29, 0.717) is 35.1 Å². The van der Waals surface area contributed by atoms with Crippen molar-refractivity contribution in [3.05, 3.63) is 70.8 Å². The second-order valence-electron chi connectivity index (χ2n) is 15.4. The first-order chi connectivity index (χ1) is 24.7. The van der Waals surface area contributed by atoms with Gasteiger partial charge < -0.3 is 64.7 Å². The van der Waals surface area contributed by atoms with Gasteiger partial charge in [-0.3, -0.25) is 9.05 Å². The van der Waals surface area contributed by atoms with Crippen LogP contribution in [0.15, 0.2) is 48.6 Å². The molecule has 10 rings (SSSR count). The van der Waals surface area contributed by atoms with Crippen molar-refractivity contribution in [1.29, 1.82) is 0 Å². The van der Waals surface area contributed by atoms with Gasteiger partial charge in [-0.15, -0.1) is 0 Å². The summed E-state index contributed by atoms with van der Waals surface area (Å²) in [6.07, 6.45) is 8.75. The number of hydrogen-bond donors (Lipinski definition) is 4. The molecule has 4 aliphatic heterocycles. The molecule has 2 aromatic rings. The number of likely N-dealkylation sites (tertiary alicyclic amines) is 2. The van der Waals surface area contributed by atoms with Crippen LogP contribution in [0.3, 0.4) is 0 Å². The van der Waals surface area contributed by atoms with Crippen molar-refractivity contribution in [2.45, 2.75) is 73.0 Å². The molecule has 10 N–H and O–H groups in total. The number of nitrogens with zero attached hydrogens (tertiary/aromatic N) is 2. The molecular weight excluding hydrogens is 762 g/mol. The zero-order chi connectivity index (χ0) is 36.5. The molecule has 2 aromatic carbocycles. The number of likely N-dealkylation sites (N-methyl/N-ethyl adjacent to an activating group) is 2. The number of hydrogen-bond acceptors (Lipinski definition) is 10. The molecule has 4 aliphatic carbocycles. The first-order valence-electron chi connectivity index (χ1n) is 17.7. The Labute approximate surface area is 318 Å². The van der Waals surface area contributed by atoms with Crippen molar-refractivity contribution in [1.82, 2.24) is 9.80 Å². The van der Waals surface area contributed by atoms with E-state index in [1.807, 2.05) is 12.1 Å². The summed E-state index contributed by atoms with van der Waals surface area (Å²) in [4.78, 5) is 42.3. The van der Waals surface area contributed by atoms with E-state index in [2.05, 4.69) is 48.2 Å². The Balaban J connectivity index is 0.000000177. The summed E-state index contributed by atoms with van der Waals surface area (Å²) in [5.74, 6) is 3.21. The highest BCUT2D eigenvalue weighted by Crippen LogP contribution is 2.65. The average molecular weight is 813 g/mol. The van der Waals surface area contributed by atoms with Gasteiger partial charge in [0, 0.05) is 45.9 Å². The summed E-state index contributed by atoms with van der Waals surface area (Å²) in [5, 5.41) is 0. The van der Waals surface area contributed by atoms with Crippen LogP contribution in [-0.2, 0) is 41.8 Å². The lowest BCUT2D eigenvalue weighted by atomic mass is 9.53. The van der Waals surface area contributed by atoms with Gasteiger partial charge in [0.2, 0.25) is 0 Å². The van der Waals surface area contributed by atoms with Crippen LogP contribution in [0.25, 0.3) is 0 Å². The lowest BCUT2D eigenvalue weighted by Gasteiger charge is -2.56. The molecule has 4 bridgehead atoms. The van der Waals surface area contributed by atoms with Crippen molar-refractivity contribution in [2.75, 3.05) is 41.4 Å². The Kier molecular flexibility index (Phi) is 10.8. The van der Waals surface area contributed by atoms with E-state index in [0.717, 1.165) is 49.9 Å². The van der Waals surface area contributed by atoms with Crippen LogP contribution >= 0.6 is 15.6 Å². The number of piperidine rings is 2. The first kappa shape index (κ1) is 41.8. The van der Waals surface area contributed by atoms with Gasteiger partial charge in [-0.2, -0.15) is 0 Å². The lowest BCUT2D eigenvalue weighted by Crippen LogP contribution is -2.65. The third kappa shape index (κ3) is 6.03. The van der Waals surface area contributed by atoms with Crippen LogP contribution in [0, 0.1) is 11.8 Å². The molecular formula is C36H50N2O15P2. The van der Waals surface area contributed by atoms with Gasteiger partial charge in [-0.05, 0) is 76.1 Å². The quantitative estimate of drug-likeness (QED) is 0.232. The maximum atomic E-state index is 11.5.